The monoisotopic (exact) mass is 246 g/mol. The molecule has 4 heteroatoms. The number of piperidine rings is 1. The fraction of sp³-hybridized carbons (Fsp3) is 0.500. The van der Waals surface area contributed by atoms with E-state index in [0.29, 0.717) is 0 Å². The maximum atomic E-state index is 12.0. The Hall–Kier alpha value is -1.55. The first-order valence-electron chi connectivity index (χ1n) is 6.59. The lowest BCUT2D eigenvalue weighted by molar-refractivity contribution is 0.117. The molecule has 2 aliphatic rings. The van der Waals surface area contributed by atoms with Gasteiger partial charge < -0.3 is 10.1 Å². The number of anilines is 1. The fourth-order valence-electron chi connectivity index (χ4n) is 2.72. The predicted octanol–water partition coefficient (Wildman–Crippen LogP) is 1.94. The van der Waals surface area contributed by atoms with Crippen molar-refractivity contribution >= 4 is 11.8 Å². The van der Waals surface area contributed by atoms with Crippen molar-refractivity contribution in [3.05, 3.63) is 29.8 Å². The van der Waals surface area contributed by atoms with Gasteiger partial charge in [0.2, 0.25) is 0 Å². The minimum absolute atomic E-state index is 0.0459. The largest absolute Gasteiger partial charge is 0.444 e. The number of hydrogen-bond acceptors (Lipinski definition) is 3. The van der Waals surface area contributed by atoms with Gasteiger partial charge in [-0.05, 0) is 37.1 Å². The molecule has 2 heterocycles. The van der Waals surface area contributed by atoms with Gasteiger partial charge in [-0.3, -0.25) is 4.90 Å². The Labute approximate surface area is 107 Å². The number of ether oxygens (including phenoxy) is 1. The van der Waals surface area contributed by atoms with E-state index in [4.69, 9.17) is 4.74 Å². The van der Waals surface area contributed by atoms with Gasteiger partial charge >= 0.3 is 6.09 Å². The van der Waals surface area contributed by atoms with E-state index in [0.717, 1.165) is 31.6 Å². The second kappa shape index (κ2) is 4.61. The van der Waals surface area contributed by atoms with E-state index in [9.17, 15) is 4.79 Å². The zero-order chi connectivity index (χ0) is 12.5. The predicted molar refractivity (Wildman–Crippen MR) is 69.8 cm³/mol. The standard InChI is InChI=1S/C14H18N2O2/c1-2-10-3-5-11(6-4-10)16-12-9-15-8-7-13(12)18-14(16)17/h3-6,12-13,15H,2,7-9H2,1H3. The average molecular weight is 246 g/mol. The molecule has 2 fully saturated rings. The maximum absolute atomic E-state index is 12.0. The first kappa shape index (κ1) is 11.5. The second-order valence-electron chi connectivity index (χ2n) is 4.87. The molecular formula is C14H18N2O2. The quantitative estimate of drug-likeness (QED) is 0.867. The van der Waals surface area contributed by atoms with Crippen LogP contribution in [0.4, 0.5) is 10.5 Å². The Morgan fingerprint density at radius 1 is 1.39 bits per heavy atom. The first-order chi connectivity index (χ1) is 8.79. The van der Waals surface area contributed by atoms with Crippen molar-refractivity contribution in [3.8, 4) is 0 Å². The fourth-order valence-corrected chi connectivity index (χ4v) is 2.72. The lowest BCUT2D eigenvalue weighted by Gasteiger charge is -2.28. The molecule has 2 unspecified atom stereocenters. The molecule has 0 bridgehead atoms. The summed E-state index contributed by atoms with van der Waals surface area (Å²) in [5, 5.41) is 3.33. The molecule has 0 saturated carbocycles. The first-order valence-corrected chi connectivity index (χ1v) is 6.59. The molecule has 0 radical (unpaired) electrons. The van der Waals surface area contributed by atoms with E-state index in [1.54, 1.807) is 4.90 Å². The van der Waals surface area contributed by atoms with Crippen molar-refractivity contribution in [2.75, 3.05) is 18.0 Å². The van der Waals surface area contributed by atoms with Gasteiger partial charge in [-0.2, -0.15) is 0 Å². The molecule has 4 nitrogen and oxygen atoms in total. The van der Waals surface area contributed by atoms with Crippen molar-refractivity contribution in [1.82, 2.24) is 5.32 Å². The summed E-state index contributed by atoms with van der Waals surface area (Å²) in [6.07, 6.45) is 1.75. The third-order valence-electron chi connectivity index (χ3n) is 3.79. The van der Waals surface area contributed by atoms with Crippen LogP contribution >= 0.6 is 0 Å². The highest BCUT2D eigenvalue weighted by atomic mass is 16.6. The molecular weight excluding hydrogens is 228 g/mol. The second-order valence-corrected chi connectivity index (χ2v) is 4.87. The smallest absolute Gasteiger partial charge is 0.415 e. The molecule has 96 valence electrons. The Morgan fingerprint density at radius 3 is 2.89 bits per heavy atom. The summed E-state index contributed by atoms with van der Waals surface area (Å²) in [6, 6.07) is 8.31. The van der Waals surface area contributed by atoms with Crippen LogP contribution in [0.2, 0.25) is 0 Å². The molecule has 18 heavy (non-hydrogen) atoms. The molecule has 1 amide bonds. The summed E-state index contributed by atoms with van der Waals surface area (Å²) in [7, 11) is 0. The Bertz CT molecular complexity index is 444. The number of nitrogens with zero attached hydrogens (tertiary/aromatic N) is 1. The third kappa shape index (κ3) is 1.86. The maximum Gasteiger partial charge on any atom is 0.415 e. The van der Waals surface area contributed by atoms with Crippen molar-refractivity contribution in [3.63, 3.8) is 0 Å². The Kier molecular flexibility index (Phi) is 2.96. The Balaban J connectivity index is 1.87. The molecule has 2 aliphatic heterocycles. The van der Waals surface area contributed by atoms with Crippen molar-refractivity contribution in [2.45, 2.75) is 31.9 Å². The van der Waals surface area contributed by atoms with Gasteiger partial charge in [0.05, 0.1) is 6.04 Å². The summed E-state index contributed by atoms with van der Waals surface area (Å²) in [5.74, 6) is 0. The highest BCUT2D eigenvalue weighted by molar-refractivity contribution is 5.90. The summed E-state index contributed by atoms with van der Waals surface area (Å²) >= 11 is 0. The van der Waals surface area contributed by atoms with E-state index in [1.165, 1.54) is 5.56 Å². The van der Waals surface area contributed by atoms with Crippen LogP contribution in [0.3, 0.4) is 0 Å². The lowest BCUT2D eigenvalue weighted by Crippen LogP contribution is -2.49. The van der Waals surface area contributed by atoms with Crippen LogP contribution in [0.15, 0.2) is 24.3 Å². The molecule has 1 aromatic carbocycles. The normalized spacial score (nSPS) is 26.9. The van der Waals surface area contributed by atoms with Gasteiger partial charge in [-0.25, -0.2) is 4.79 Å². The number of carbonyl (C=O) groups excluding carboxylic acids is 1. The van der Waals surface area contributed by atoms with E-state index in [-0.39, 0.29) is 18.2 Å². The molecule has 2 saturated heterocycles. The van der Waals surface area contributed by atoms with Crippen LogP contribution < -0.4 is 10.2 Å². The van der Waals surface area contributed by atoms with E-state index < -0.39 is 0 Å². The number of amides is 1. The van der Waals surface area contributed by atoms with Crippen LogP contribution in [0.5, 0.6) is 0 Å². The van der Waals surface area contributed by atoms with Crippen LogP contribution in [0.1, 0.15) is 18.9 Å². The zero-order valence-corrected chi connectivity index (χ0v) is 10.6. The van der Waals surface area contributed by atoms with Crippen molar-refractivity contribution < 1.29 is 9.53 Å². The van der Waals surface area contributed by atoms with Crippen LogP contribution in [0, 0.1) is 0 Å². The van der Waals surface area contributed by atoms with Gasteiger partial charge in [0.25, 0.3) is 0 Å². The lowest BCUT2D eigenvalue weighted by atomic mass is 10.0. The van der Waals surface area contributed by atoms with Crippen LogP contribution in [-0.4, -0.2) is 31.3 Å². The molecule has 0 aliphatic carbocycles. The molecule has 2 atom stereocenters. The SMILES string of the molecule is CCc1ccc(N2C(=O)OC3CCNCC32)cc1. The van der Waals surface area contributed by atoms with Gasteiger partial charge in [0, 0.05) is 12.2 Å². The van der Waals surface area contributed by atoms with E-state index >= 15 is 0 Å². The van der Waals surface area contributed by atoms with Crippen LogP contribution in [0.25, 0.3) is 0 Å². The summed E-state index contributed by atoms with van der Waals surface area (Å²) in [5.41, 5.74) is 2.22. The molecule has 0 aromatic heterocycles. The molecule has 3 rings (SSSR count). The van der Waals surface area contributed by atoms with E-state index in [1.807, 2.05) is 12.1 Å². The van der Waals surface area contributed by atoms with E-state index in [2.05, 4.69) is 24.4 Å². The number of carbonyl (C=O) groups is 1. The van der Waals surface area contributed by atoms with Gasteiger partial charge in [-0.15, -0.1) is 0 Å². The van der Waals surface area contributed by atoms with Gasteiger partial charge in [0.1, 0.15) is 6.10 Å². The minimum atomic E-state index is -0.210. The van der Waals surface area contributed by atoms with Gasteiger partial charge in [0.15, 0.2) is 0 Å². The highest BCUT2D eigenvalue weighted by Crippen LogP contribution is 2.29. The third-order valence-corrected chi connectivity index (χ3v) is 3.79. The Morgan fingerprint density at radius 2 is 2.17 bits per heavy atom. The molecule has 0 spiro atoms. The van der Waals surface area contributed by atoms with Crippen molar-refractivity contribution in [1.29, 1.82) is 0 Å². The highest BCUT2D eigenvalue weighted by Gasteiger charge is 2.43. The van der Waals surface area contributed by atoms with Crippen LogP contribution in [-0.2, 0) is 11.2 Å². The number of aryl methyl sites for hydroxylation is 1. The average Bonchev–Trinajstić information content (AvgIpc) is 2.75. The summed E-state index contributed by atoms with van der Waals surface area (Å²) in [4.78, 5) is 13.8. The van der Waals surface area contributed by atoms with Gasteiger partial charge in [-0.1, -0.05) is 19.1 Å². The number of rotatable bonds is 2. The number of benzene rings is 1. The topological polar surface area (TPSA) is 41.6 Å². The number of hydrogen-bond donors (Lipinski definition) is 1. The minimum Gasteiger partial charge on any atom is -0.444 e. The number of nitrogens with one attached hydrogen (secondary N) is 1. The summed E-state index contributed by atoms with van der Waals surface area (Å²) in [6.45, 7) is 3.86. The summed E-state index contributed by atoms with van der Waals surface area (Å²) < 4.78 is 5.44. The van der Waals surface area contributed by atoms with Crippen molar-refractivity contribution in [2.24, 2.45) is 0 Å². The number of fused-ring (bicyclic) bond motifs is 1. The molecule has 1 N–H and O–H groups in total. The molecule has 1 aromatic rings. The zero-order valence-electron chi connectivity index (χ0n) is 10.6.